The maximum atomic E-state index is 11.9. The van der Waals surface area contributed by atoms with Crippen molar-refractivity contribution in [3.63, 3.8) is 0 Å². The second-order valence-electron chi connectivity index (χ2n) is 5.88. The van der Waals surface area contributed by atoms with Crippen LogP contribution in [0.15, 0.2) is 12.1 Å². The topological polar surface area (TPSA) is 74.4 Å². The molecule has 5 nitrogen and oxygen atoms in total. The highest BCUT2D eigenvalue weighted by molar-refractivity contribution is 6.32. The Kier molecular flexibility index (Phi) is 7.56. The summed E-state index contributed by atoms with van der Waals surface area (Å²) in [6.07, 6.45) is 6.23. The van der Waals surface area contributed by atoms with E-state index in [-0.39, 0.29) is 23.5 Å². The number of carbonyl (C=O) groups is 1. The number of hydrogen-bond donors (Lipinski definition) is 1. The molecule has 7 heteroatoms. The Labute approximate surface area is 146 Å². The van der Waals surface area contributed by atoms with Crippen LogP contribution in [0.1, 0.15) is 37.7 Å². The molecule has 1 aliphatic carbocycles. The van der Waals surface area contributed by atoms with Crippen molar-refractivity contribution in [2.75, 3.05) is 13.2 Å². The lowest BCUT2D eigenvalue weighted by Gasteiger charge is -2.22. The van der Waals surface area contributed by atoms with Crippen molar-refractivity contribution in [1.82, 2.24) is 4.98 Å². The number of aromatic nitrogens is 1. The zero-order chi connectivity index (χ0) is 16.7. The van der Waals surface area contributed by atoms with Gasteiger partial charge in [-0.25, -0.2) is 4.98 Å². The number of carbonyl (C=O) groups excluding carboxylic acids is 1. The molecule has 0 saturated heterocycles. The molecular formula is C16H22Cl2N2O3. The van der Waals surface area contributed by atoms with Crippen molar-refractivity contribution in [1.29, 1.82) is 0 Å². The van der Waals surface area contributed by atoms with Crippen LogP contribution in [0.25, 0.3) is 0 Å². The van der Waals surface area contributed by atoms with Gasteiger partial charge in [-0.2, -0.15) is 0 Å². The van der Waals surface area contributed by atoms with Gasteiger partial charge in [0.15, 0.2) is 0 Å². The van der Waals surface area contributed by atoms with Gasteiger partial charge in [0.1, 0.15) is 23.0 Å². The van der Waals surface area contributed by atoms with Gasteiger partial charge in [0.25, 0.3) is 0 Å². The minimum atomic E-state index is -0.786. The Morgan fingerprint density at radius 1 is 1.26 bits per heavy atom. The summed E-state index contributed by atoms with van der Waals surface area (Å²) < 4.78 is 10.7. The van der Waals surface area contributed by atoms with Crippen LogP contribution in [0, 0.1) is 5.92 Å². The van der Waals surface area contributed by atoms with Crippen LogP contribution in [0.2, 0.25) is 10.3 Å². The molecule has 1 aromatic heterocycles. The van der Waals surface area contributed by atoms with Crippen LogP contribution in [0.5, 0.6) is 0 Å². The van der Waals surface area contributed by atoms with Gasteiger partial charge in [-0.15, -0.1) is 0 Å². The van der Waals surface area contributed by atoms with Crippen LogP contribution in [-0.4, -0.2) is 30.2 Å². The fourth-order valence-corrected chi connectivity index (χ4v) is 3.15. The molecule has 1 saturated carbocycles. The molecule has 0 aromatic carbocycles. The van der Waals surface area contributed by atoms with E-state index < -0.39 is 12.0 Å². The minimum Gasteiger partial charge on any atom is -0.460 e. The van der Waals surface area contributed by atoms with Crippen molar-refractivity contribution in [3.05, 3.63) is 28.0 Å². The normalized spacial score (nSPS) is 17.0. The Hall–Kier alpha value is -0.880. The summed E-state index contributed by atoms with van der Waals surface area (Å²) in [7, 11) is 0. The van der Waals surface area contributed by atoms with Gasteiger partial charge in [0.05, 0.1) is 6.61 Å². The van der Waals surface area contributed by atoms with Gasteiger partial charge in [-0.3, -0.25) is 4.79 Å². The van der Waals surface area contributed by atoms with Crippen LogP contribution in [-0.2, 0) is 20.9 Å². The van der Waals surface area contributed by atoms with Crippen molar-refractivity contribution < 1.29 is 14.3 Å². The fraction of sp³-hybridized carbons (Fsp3) is 0.625. The number of halogens is 2. The summed E-state index contributed by atoms with van der Waals surface area (Å²) in [5.74, 6) is 0.0887. The summed E-state index contributed by atoms with van der Waals surface area (Å²) in [4.78, 5) is 15.7. The smallest absolute Gasteiger partial charge is 0.325 e. The molecule has 1 fully saturated rings. The van der Waals surface area contributed by atoms with E-state index in [1.807, 2.05) is 0 Å². The van der Waals surface area contributed by atoms with Crippen molar-refractivity contribution >= 4 is 29.2 Å². The van der Waals surface area contributed by atoms with Gasteiger partial charge in [0, 0.05) is 6.61 Å². The molecule has 23 heavy (non-hydrogen) atoms. The maximum absolute atomic E-state index is 11.9. The van der Waals surface area contributed by atoms with Gasteiger partial charge in [-0.05, 0) is 36.5 Å². The number of nitrogens with zero attached hydrogens (tertiary/aromatic N) is 1. The largest absolute Gasteiger partial charge is 0.460 e. The summed E-state index contributed by atoms with van der Waals surface area (Å²) in [5, 5.41) is 0.507. The average Bonchev–Trinajstić information content (AvgIpc) is 2.52. The Morgan fingerprint density at radius 3 is 2.57 bits per heavy atom. The zero-order valence-electron chi connectivity index (χ0n) is 13.0. The number of hydrogen-bond acceptors (Lipinski definition) is 5. The lowest BCUT2D eigenvalue weighted by molar-refractivity contribution is -0.148. The molecule has 1 heterocycles. The molecule has 1 aliphatic rings. The standard InChI is InChI=1S/C16H22Cl2N2O3/c17-14-6-12(7-15(18)20-14)9-23-16(21)13(19)10-22-8-11-4-2-1-3-5-11/h6-7,11,13H,1-5,8-10,19H2/t13-/m0/s1. The molecular weight excluding hydrogens is 339 g/mol. The van der Waals surface area contributed by atoms with Gasteiger partial charge in [0.2, 0.25) is 0 Å². The highest BCUT2D eigenvalue weighted by atomic mass is 35.5. The van der Waals surface area contributed by atoms with E-state index in [0.29, 0.717) is 18.1 Å². The van der Waals surface area contributed by atoms with E-state index in [9.17, 15) is 4.79 Å². The number of ether oxygens (including phenoxy) is 2. The quantitative estimate of drug-likeness (QED) is 0.595. The fourth-order valence-electron chi connectivity index (χ4n) is 2.64. The van der Waals surface area contributed by atoms with E-state index in [1.165, 1.54) is 32.1 Å². The molecule has 0 spiro atoms. The number of esters is 1. The van der Waals surface area contributed by atoms with E-state index in [4.69, 9.17) is 38.4 Å². The molecule has 1 atom stereocenters. The lowest BCUT2D eigenvalue weighted by Crippen LogP contribution is -2.37. The average molecular weight is 361 g/mol. The first kappa shape index (κ1) is 18.5. The molecule has 0 radical (unpaired) electrons. The number of pyridine rings is 1. The highest BCUT2D eigenvalue weighted by Gasteiger charge is 2.18. The number of rotatable bonds is 7. The molecule has 2 N–H and O–H groups in total. The minimum absolute atomic E-state index is 0.0527. The Balaban J connectivity index is 1.67. The number of nitrogens with two attached hydrogens (primary N) is 1. The first-order valence-electron chi connectivity index (χ1n) is 7.86. The summed E-state index contributed by atoms with van der Waals surface area (Å²) >= 11 is 11.6. The predicted octanol–water partition coefficient (Wildman–Crippen LogP) is 3.36. The molecule has 0 bridgehead atoms. The van der Waals surface area contributed by atoms with Crippen molar-refractivity contribution in [2.45, 2.75) is 44.8 Å². The first-order chi connectivity index (χ1) is 11.0. The second kappa shape index (κ2) is 9.42. The molecule has 0 aliphatic heterocycles. The van der Waals surface area contributed by atoms with Crippen LogP contribution >= 0.6 is 23.2 Å². The highest BCUT2D eigenvalue weighted by Crippen LogP contribution is 2.23. The Bertz CT molecular complexity index is 502. The van der Waals surface area contributed by atoms with Crippen LogP contribution in [0.4, 0.5) is 0 Å². The van der Waals surface area contributed by atoms with Gasteiger partial charge >= 0.3 is 5.97 Å². The lowest BCUT2D eigenvalue weighted by atomic mass is 9.90. The van der Waals surface area contributed by atoms with E-state index in [2.05, 4.69) is 4.98 Å². The third-order valence-electron chi connectivity index (χ3n) is 3.88. The van der Waals surface area contributed by atoms with Crippen LogP contribution < -0.4 is 5.73 Å². The second-order valence-corrected chi connectivity index (χ2v) is 6.65. The molecule has 2 rings (SSSR count). The summed E-state index contributed by atoms with van der Waals surface area (Å²) in [6.45, 7) is 0.890. The van der Waals surface area contributed by atoms with Gasteiger partial charge < -0.3 is 15.2 Å². The van der Waals surface area contributed by atoms with E-state index in [0.717, 1.165) is 0 Å². The van der Waals surface area contributed by atoms with E-state index >= 15 is 0 Å². The monoisotopic (exact) mass is 360 g/mol. The maximum Gasteiger partial charge on any atom is 0.325 e. The van der Waals surface area contributed by atoms with Gasteiger partial charge in [-0.1, -0.05) is 42.5 Å². The van der Waals surface area contributed by atoms with Crippen molar-refractivity contribution in [3.8, 4) is 0 Å². The predicted molar refractivity (Wildman–Crippen MR) is 89.4 cm³/mol. The Morgan fingerprint density at radius 2 is 1.91 bits per heavy atom. The molecule has 0 amide bonds. The molecule has 0 unspecified atom stereocenters. The SMILES string of the molecule is N[C@@H](COCC1CCCCC1)C(=O)OCc1cc(Cl)nc(Cl)c1. The van der Waals surface area contributed by atoms with E-state index in [1.54, 1.807) is 12.1 Å². The zero-order valence-corrected chi connectivity index (χ0v) is 14.5. The van der Waals surface area contributed by atoms with Crippen molar-refractivity contribution in [2.24, 2.45) is 11.7 Å². The molecule has 1 aromatic rings. The third kappa shape index (κ3) is 6.63. The third-order valence-corrected chi connectivity index (χ3v) is 4.27. The first-order valence-corrected chi connectivity index (χ1v) is 8.62. The molecule has 128 valence electrons. The van der Waals surface area contributed by atoms with Crippen LogP contribution in [0.3, 0.4) is 0 Å². The summed E-state index contributed by atoms with van der Waals surface area (Å²) in [5.41, 5.74) is 6.46. The summed E-state index contributed by atoms with van der Waals surface area (Å²) in [6, 6.07) is 2.39.